The van der Waals surface area contributed by atoms with E-state index >= 15 is 0 Å². The number of hydrogen-bond acceptors (Lipinski definition) is 3. The van der Waals surface area contributed by atoms with Crippen molar-refractivity contribution in [3.05, 3.63) is 59.0 Å². The van der Waals surface area contributed by atoms with Gasteiger partial charge in [0.15, 0.2) is 0 Å². The van der Waals surface area contributed by atoms with Crippen LogP contribution in [0.2, 0.25) is 0 Å². The lowest BCUT2D eigenvalue weighted by atomic mass is 10.2. The molecule has 0 fully saturated rings. The fourth-order valence-corrected chi connectivity index (χ4v) is 2.81. The van der Waals surface area contributed by atoms with E-state index in [0.717, 1.165) is 16.2 Å². The number of hydrogen-bond donors (Lipinski definition) is 1. The third-order valence-corrected chi connectivity index (χ3v) is 4.66. The third-order valence-electron chi connectivity index (χ3n) is 2.78. The van der Waals surface area contributed by atoms with E-state index in [1.54, 1.807) is 12.1 Å². The van der Waals surface area contributed by atoms with Crippen molar-refractivity contribution in [2.75, 3.05) is 0 Å². The van der Waals surface area contributed by atoms with Gasteiger partial charge in [-0.3, -0.25) is 4.55 Å². The Morgan fingerprint density at radius 3 is 2.33 bits per heavy atom. The van der Waals surface area contributed by atoms with Crippen LogP contribution in [0.15, 0.2) is 68.8 Å². The van der Waals surface area contributed by atoms with Gasteiger partial charge < -0.3 is 0 Å². The molecule has 0 saturated heterocycles. The Bertz CT molecular complexity index is 651. The lowest BCUT2D eigenvalue weighted by molar-refractivity contribution is 0.483. The van der Waals surface area contributed by atoms with Crippen LogP contribution >= 0.6 is 11.8 Å². The molecule has 0 saturated carbocycles. The van der Waals surface area contributed by atoms with Gasteiger partial charge in [0.25, 0.3) is 10.1 Å². The van der Waals surface area contributed by atoms with Gasteiger partial charge in [-0.1, -0.05) is 42.5 Å². The maximum atomic E-state index is 11.0. The Kier molecular flexibility index (Phi) is 6.95. The van der Waals surface area contributed by atoms with Gasteiger partial charge in [0.2, 0.25) is 0 Å². The average molecular weight is 324 g/mol. The molecule has 5 heteroatoms. The maximum Gasteiger partial charge on any atom is 0.294 e. The Hall–Kier alpha value is -1.30. The zero-order valence-corrected chi connectivity index (χ0v) is 14.0. The standard InChI is InChI=1S/C16H20O3S2/c1-4-6-14(8-7-13(3)5-2)20-15-9-11-16(12-10-15)21(17,18)19/h4,6-12H,5H2,1-3H3,(H,17,18,19)/b6-4-,13-7-,14-8+. The predicted octanol–water partition coefficient (Wildman–Crippen LogP) is 4.84. The van der Waals surface area contributed by atoms with Gasteiger partial charge in [-0.15, -0.1) is 0 Å². The zero-order valence-electron chi connectivity index (χ0n) is 12.4. The number of rotatable bonds is 6. The Balaban J connectivity index is 2.95. The fraction of sp³-hybridized carbons (Fsp3) is 0.250. The molecule has 21 heavy (non-hydrogen) atoms. The van der Waals surface area contributed by atoms with Gasteiger partial charge in [0.1, 0.15) is 0 Å². The molecule has 114 valence electrons. The smallest absolute Gasteiger partial charge is 0.282 e. The van der Waals surface area contributed by atoms with Crippen LogP contribution in [0.4, 0.5) is 0 Å². The van der Waals surface area contributed by atoms with Gasteiger partial charge in [-0.25, -0.2) is 0 Å². The molecule has 0 radical (unpaired) electrons. The van der Waals surface area contributed by atoms with E-state index in [4.69, 9.17) is 4.55 Å². The van der Waals surface area contributed by atoms with Crippen LogP contribution in [-0.2, 0) is 10.1 Å². The molecule has 0 aliphatic carbocycles. The van der Waals surface area contributed by atoms with Crippen molar-refractivity contribution in [1.82, 2.24) is 0 Å². The fourth-order valence-electron chi connectivity index (χ4n) is 1.45. The lowest BCUT2D eigenvalue weighted by Crippen LogP contribution is -1.96. The van der Waals surface area contributed by atoms with Gasteiger partial charge >= 0.3 is 0 Å². The normalized spacial score (nSPS) is 13.9. The van der Waals surface area contributed by atoms with Gasteiger partial charge in [0, 0.05) is 9.80 Å². The van der Waals surface area contributed by atoms with Crippen molar-refractivity contribution in [2.45, 2.75) is 37.0 Å². The molecule has 1 aromatic carbocycles. The van der Waals surface area contributed by atoms with Crippen LogP contribution in [0, 0.1) is 0 Å². The van der Waals surface area contributed by atoms with E-state index in [1.165, 1.54) is 29.5 Å². The summed E-state index contributed by atoms with van der Waals surface area (Å²) in [5.41, 5.74) is 1.29. The summed E-state index contributed by atoms with van der Waals surface area (Å²) in [5, 5.41) is 0. The summed E-state index contributed by atoms with van der Waals surface area (Å²) < 4.78 is 30.9. The summed E-state index contributed by atoms with van der Waals surface area (Å²) in [7, 11) is -4.13. The minimum Gasteiger partial charge on any atom is -0.282 e. The van der Waals surface area contributed by atoms with E-state index in [1.807, 2.05) is 25.2 Å². The van der Waals surface area contributed by atoms with Crippen LogP contribution in [0.3, 0.4) is 0 Å². The highest BCUT2D eigenvalue weighted by Crippen LogP contribution is 2.28. The molecule has 1 N–H and O–H groups in total. The van der Waals surface area contributed by atoms with E-state index in [0.29, 0.717) is 0 Å². The molecule has 3 nitrogen and oxygen atoms in total. The second-order valence-electron chi connectivity index (χ2n) is 4.48. The number of thioether (sulfide) groups is 1. The van der Waals surface area contributed by atoms with E-state index in [-0.39, 0.29) is 4.90 Å². The molecule has 1 rings (SSSR count). The van der Waals surface area contributed by atoms with Crippen molar-refractivity contribution < 1.29 is 13.0 Å². The minimum atomic E-state index is -4.13. The molecular weight excluding hydrogens is 304 g/mol. The molecule has 0 spiro atoms. The van der Waals surface area contributed by atoms with Crippen molar-refractivity contribution in [3.8, 4) is 0 Å². The largest absolute Gasteiger partial charge is 0.294 e. The van der Waals surface area contributed by atoms with Crippen LogP contribution < -0.4 is 0 Å². The van der Waals surface area contributed by atoms with Crippen LogP contribution in [0.1, 0.15) is 27.2 Å². The maximum absolute atomic E-state index is 11.0. The Morgan fingerprint density at radius 1 is 1.24 bits per heavy atom. The minimum absolute atomic E-state index is 0.0925. The summed E-state index contributed by atoms with van der Waals surface area (Å²) in [6.07, 6.45) is 9.09. The first-order valence-corrected chi connectivity index (χ1v) is 8.88. The van der Waals surface area contributed by atoms with Crippen molar-refractivity contribution in [2.24, 2.45) is 0 Å². The molecule has 0 amide bonds. The van der Waals surface area contributed by atoms with Gasteiger partial charge in [-0.2, -0.15) is 8.42 Å². The first-order valence-electron chi connectivity index (χ1n) is 6.62. The Morgan fingerprint density at radius 2 is 1.86 bits per heavy atom. The van der Waals surface area contributed by atoms with Crippen molar-refractivity contribution in [1.29, 1.82) is 0 Å². The summed E-state index contributed by atoms with van der Waals surface area (Å²) in [4.78, 5) is 1.88. The highest BCUT2D eigenvalue weighted by atomic mass is 32.2. The molecule has 0 unspecified atom stereocenters. The highest BCUT2D eigenvalue weighted by Gasteiger charge is 2.08. The molecule has 0 aliphatic rings. The van der Waals surface area contributed by atoms with Gasteiger partial charge in [0.05, 0.1) is 4.90 Å². The van der Waals surface area contributed by atoms with Gasteiger partial charge in [-0.05, 0) is 50.6 Å². The van der Waals surface area contributed by atoms with Crippen molar-refractivity contribution in [3.63, 3.8) is 0 Å². The summed E-state index contributed by atoms with van der Waals surface area (Å²) in [6, 6.07) is 6.17. The van der Waals surface area contributed by atoms with Crippen LogP contribution in [-0.4, -0.2) is 13.0 Å². The molecule has 0 aliphatic heterocycles. The first-order chi connectivity index (χ1) is 9.86. The quantitative estimate of drug-likeness (QED) is 0.462. The second kappa shape index (κ2) is 8.22. The van der Waals surface area contributed by atoms with E-state index in [2.05, 4.69) is 19.9 Å². The first kappa shape index (κ1) is 17.8. The monoisotopic (exact) mass is 324 g/mol. The zero-order chi connectivity index (χ0) is 15.9. The van der Waals surface area contributed by atoms with E-state index < -0.39 is 10.1 Å². The number of benzene rings is 1. The average Bonchev–Trinajstić information content (AvgIpc) is 2.44. The summed E-state index contributed by atoms with van der Waals surface area (Å²) in [5.74, 6) is 0. The topological polar surface area (TPSA) is 54.4 Å². The lowest BCUT2D eigenvalue weighted by Gasteiger charge is -2.03. The molecule has 1 aromatic rings. The van der Waals surface area contributed by atoms with E-state index in [9.17, 15) is 8.42 Å². The highest BCUT2D eigenvalue weighted by molar-refractivity contribution is 8.03. The van der Waals surface area contributed by atoms with Crippen LogP contribution in [0.25, 0.3) is 0 Å². The SMILES string of the molecule is C\C=C/C(=C\C=C(\C)CC)Sc1ccc(S(=O)(=O)O)cc1. The predicted molar refractivity (Wildman–Crippen MR) is 89.1 cm³/mol. The molecule has 0 aromatic heterocycles. The third kappa shape index (κ3) is 6.33. The second-order valence-corrected chi connectivity index (χ2v) is 7.05. The summed E-state index contributed by atoms with van der Waals surface area (Å²) in [6.45, 7) is 6.14. The molecule has 0 bridgehead atoms. The molecule has 0 heterocycles. The number of allylic oxidation sites excluding steroid dienone is 5. The molecular formula is C16H20O3S2. The van der Waals surface area contributed by atoms with Crippen LogP contribution in [0.5, 0.6) is 0 Å². The van der Waals surface area contributed by atoms with Crippen molar-refractivity contribution >= 4 is 21.9 Å². The molecule has 0 atom stereocenters. The Labute approximate surface area is 131 Å². The summed E-state index contributed by atoms with van der Waals surface area (Å²) >= 11 is 1.54.